The summed E-state index contributed by atoms with van der Waals surface area (Å²) in [7, 11) is 3.81. The molecule has 1 saturated heterocycles. The summed E-state index contributed by atoms with van der Waals surface area (Å²) in [6.45, 7) is 8.04. The number of hydrogen-bond donors (Lipinski definition) is 1. The number of rotatable bonds is 21. The summed E-state index contributed by atoms with van der Waals surface area (Å²) in [5, 5.41) is 9.63. The highest BCUT2D eigenvalue weighted by molar-refractivity contribution is 5.77. The van der Waals surface area contributed by atoms with E-state index in [0.29, 0.717) is 39.1 Å². The van der Waals surface area contributed by atoms with Crippen molar-refractivity contribution in [2.45, 2.75) is 123 Å². The zero-order chi connectivity index (χ0) is 27.7. The van der Waals surface area contributed by atoms with Crippen molar-refractivity contribution in [3.63, 3.8) is 0 Å². The van der Waals surface area contributed by atoms with Crippen molar-refractivity contribution in [2.75, 3.05) is 40.3 Å². The fourth-order valence-corrected chi connectivity index (χ4v) is 5.05. The van der Waals surface area contributed by atoms with Gasteiger partial charge in [0.05, 0.1) is 12.0 Å². The molecule has 0 aliphatic carbocycles. The van der Waals surface area contributed by atoms with Gasteiger partial charge in [0.2, 0.25) is 0 Å². The highest BCUT2D eigenvalue weighted by Crippen LogP contribution is 2.26. The van der Waals surface area contributed by atoms with Crippen molar-refractivity contribution < 1.29 is 29.0 Å². The molecule has 1 N–H and O–H groups in total. The average molecular weight is 527 g/mol. The SMILES string of the molecule is CCCCCCCCCCCOC(=O)CCCCCN1CC(OC(=O)C(C)(C)CN(C)C)C[C@H]1C(=O)O. The Morgan fingerprint density at radius 3 is 2.11 bits per heavy atom. The van der Waals surface area contributed by atoms with Gasteiger partial charge in [0.25, 0.3) is 0 Å². The summed E-state index contributed by atoms with van der Waals surface area (Å²) < 4.78 is 11.1. The second-order valence-corrected chi connectivity index (χ2v) is 11.6. The molecule has 216 valence electrons. The molecule has 0 radical (unpaired) electrons. The minimum atomic E-state index is -0.883. The van der Waals surface area contributed by atoms with E-state index in [9.17, 15) is 19.5 Å². The van der Waals surface area contributed by atoms with Crippen molar-refractivity contribution in [1.82, 2.24) is 9.80 Å². The van der Waals surface area contributed by atoms with Crippen LogP contribution < -0.4 is 0 Å². The number of likely N-dealkylation sites (tertiary alicyclic amines) is 1. The molecule has 0 bridgehead atoms. The van der Waals surface area contributed by atoms with Crippen LogP contribution >= 0.6 is 0 Å². The smallest absolute Gasteiger partial charge is 0.321 e. The van der Waals surface area contributed by atoms with Gasteiger partial charge in [-0.1, -0.05) is 64.7 Å². The van der Waals surface area contributed by atoms with Gasteiger partial charge in [-0.15, -0.1) is 0 Å². The Bertz CT molecular complexity index is 667. The highest BCUT2D eigenvalue weighted by atomic mass is 16.5. The minimum Gasteiger partial charge on any atom is -0.480 e. The zero-order valence-electron chi connectivity index (χ0n) is 24.3. The fourth-order valence-electron chi connectivity index (χ4n) is 5.05. The molecule has 0 saturated carbocycles. The monoisotopic (exact) mass is 526 g/mol. The van der Waals surface area contributed by atoms with Crippen LogP contribution in [0.5, 0.6) is 0 Å². The second-order valence-electron chi connectivity index (χ2n) is 11.6. The molecule has 2 atom stereocenters. The average Bonchev–Trinajstić information content (AvgIpc) is 3.22. The number of aliphatic carboxylic acids is 1. The molecule has 0 spiro atoms. The van der Waals surface area contributed by atoms with Gasteiger partial charge >= 0.3 is 17.9 Å². The number of esters is 2. The number of hydrogen-bond acceptors (Lipinski definition) is 7. The van der Waals surface area contributed by atoms with Crippen LogP contribution in [-0.2, 0) is 23.9 Å². The number of carbonyl (C=O) groups excluding carboxylic acids is 2. The lowest BCUT2D eigenvalue weighted by molar-refractivity contribution is -0.160. The summed E-state index contributed by atoms with van der Waals surface area (Å²) in [6.07, 6.45) is 13.8. The second kappa shape index (κ2) is 18.6. The maximum atomic E-state index is 12.6. The molecule has 0 aromatic heterocycles. The molecular weight excluding hydrogens is 472 g/mol. The molecule has 0 aromatic rings. The molecule has 8 heteroatoms. The number of unbranched alkanes of at least 4 members (excludes halogenated alkanes) is 10. The lowest BCUT2D eigenvalue weighted by Gasteiger charge is -2.27. The van der Waals surface area contributed by atoms with Crippen LogP contribution in [0.4, 0.5) is 0 Å². The molecular formula is C29H54N2O6. The van der Waals surface area contributed by atoms with E-state index >= 15 is 0 Å². The van der Waals surface area contributed by atoms with Gasteiger partial charge in [0, 0.05) is 25.9 Å². The largest absolute Gasteiger partial charge is 0.480 e. The number of carbonyl (C=O) groups is 3. The molecule has 1 fully saturated rings. The Morgan fingerprint density at radius 1 is 0.919 bits per heavy atom. The number of carboxylic acids is 1. The number of carboxylic acid groups (broad SMARTS) is 1. The Morgan fingerprint density at radius 2 is 1.51 bits per heavy atom. The van der Waals surface area contributed by atoms with E-state index in [4.69, 9.17) is 9.47 Å². The summed E-state index contributed by atoms with van der Waals surface area (Å²) in [6, 6.07) is -0.643. The van der Waals surface area contributed by atoms with Gasteiger partial charge in [0.1, 0.15) is 12.1 Å². The first-order valence-electron chi connectivity index (χ1n) is 14.5. The Hall–Kier alpha value is -1.67. The van der Waals surface area contributed by atoms with Gasteiger partial charge in [-0.05, 0) is 53.8 Å². The third-order valence-electron chi connectivity index (χ3n) is 7.03. The fraction of sp³-hybridized carbons (Fsp3) is 0.897. The summed E-state index contributed by atoms with van der Waals surface area (Å²) in [4.78, 5) is 40.2. The molecule has 8 nitrogen and oxygen atoms in total. The molecule has 0 aromatic carbocycles. The van der Waals surface area contributed by atoms with Crippen molar-refractivity contribution >= 4 is 17.9 Å². The van der Waals surface area contributed by atoms with E-state index in [1.54, 1.807) is 0 Å². The molecule has 1 aliphatic rings. The topological polar surface area (TPSA) is 96.4 Å². The van der Waals surface area contributed by atoms with E-state index in [1.165, 1.54) is 44.9 Å². The third kappa shape index (κ3) is 14.7. The van der Waals surface area contributed by atoms with E-state index in [0.717, 1.165) is 32.1 Å². The molecule has 1 aliphatic heterocycles. The van der Waals surface area contributed by atoms with E-state index in [2.05, 4.69) is 6.92 Å². The quantitative estimate of drug-likeness (QED) is 0.159. The lowest BCUT2D eigenvalue weighted by atomic mass is 9.93. The van der Waals surface area contributed by atoms with E-state index in [1.807, 2.05) is 37.7 Å². The maximum absolute atomic E-state index is 12.6. The van der Waals surface area contributed by atoms with Gasteiger partial charge in [-0.3, -0.25) is 19.3 Å². The maximum Gasteiger partial charge on any atom is 0.321 e. The van der Waals surface area contributed by atoms with E-state index in [-0.39, 0.29) is 11.9 Å². The standard InChI is InChI=1S/C29H54N2O6/c1-6-7-8-9-10-11-12-13-17-20-36-26(32)18-15-14-16-19-31-22-24(21-25(31)27(33)34)37-28(35)29(2,3)23-30(4)5/h24-25H,6-23H2,1-5H3,(H,33,34)/t24?,25-/m0/s1. The van der Waals surface area contributed by atoms with Gasteiger partial charge in [-0.2, -0.15) is 0 Å². The van der Waals surface area contributed by atoms with Crippen LogP contribution in [-0.4, -0.2) is 85.3 Å². The first-order chi connectivity index (χ1) is 17.6. The highest BCUT2D eigenvalue weighted by Gasteiger charge is 2.40. The van der Waals surface area contributed by atoms with Crippen LogP contribution in [0.3, 0.4) is 0 Å². The first-order valence-corrected chi connectivity index (χ1v) is 14.5. The predicted octanol–water partition coefficient (Wildman–Crippen LogP) is 5.28. The molecule has 1 heterocycles. The van der Waals surface area contributed by atoms with Crippen molar-refractivity contribution in [2.24, 2.45) is 5.41 Å². The molecule has 0 amide bonds. The Labute approximate surface area is 225 Å². The third-order valence-corrected chi connectivity index (χ3v) is 7.03. The molecule has 37 heavy (non-hydrogen) atoms. The normalized spacial score (nSPS) is 18.3. The van der Waals surface area contributed by atoms with Crippen LogP contribution in [0.15, 0.2) is 0 Å². The number of nitrogens with zero attached hydrogens (tertiary/aromatic N) is 2. The molecule has 1 unspecified atom stereocenters. The van der Waals surface area contributed by atoms with Gasteiger partial charge < -0.3 is 19.5 Å². The Kier molecular flexibility index (Phi) is 16.7. The zero-order valence-corrected chi connectivity index (χ0v) is 24.3. The Balaban J connectivity index is 2.18. The van der Waals surface area contributed by atoms with Crippen molar-refractivity contribution in [3.8, 4) is 0 Å². The number of ether oxygens (including phenoxy) is 2. The summed E-state index contributed by atoms with van der Waals surface area (Å²) >= 11 is 0. The van der Waals surface area contributed by atoms with Gasteiger partial charge in [-0.25, -0.2) is 0 Å². The van der Waals surface area contributed by atoms with Crippen LogP contribution in [0.2, 0.25) is 0 Å². The molecule has 1 rings (SSSR count). The predicted molar refractivity (Wildman–Crippen MR) is 146 cm³/mol. The first kappa shape index (κ1) is 33.4. The van der Waals surface area contributed by atoms with Crippen LogP contribution in [0.25, 0.3) is 0 Å². The minimum absolute atomic E-state index is 0.142. The lowest BCUT2D eigenvalue weighted by Crippen LogP contribution is -2.39. The van der Waals surface area contributed by atoms with Crippen molar-refractivity contribution in [1.29, 1.82) is 0 Å². The van der Waals surface area contributed by atoms with Gasteiger partial charge in [0.15, 0.2) is 0 Å². The van der Waals surface area contributed by atoms with E-state index < -0.39 is 23.5 Å². The van der Waals surface area contributed by atoms with Crippen LogP contribution in [0.1, 0.15) is 111 Å². The summed E-state index contributed by atoms with van der Waals surface area (Å²) in [5.74, 6) is -1.32. The van der Waals surface area contributed by atoms with Crippen LogP contribution in [0, 0.1) is 5.41 Å². The summed E-state index contributed by atoms with van der Waals surface area (Å²) in [5.41, 5.74) is -0.655. The van der Waals surface area contributed by atoms with Crippen molar-refractivity contribution in [3.05, 3.63) is 0 Å².